The van der Waals surface area contributed by atoms with Gasteiger partial charge in [-0.3, -0.25) is 0 Å². The molecule has 2 amide bonds. The third kappa shape index (κ3) is 4.78. The van der Waals surface area contributed by atoms with Crippen LogP contribution in [0, 0.1) is 0 Å². The van der Waals surface area contributed by atoms with Gasteiger partial charge in [-0.05, 0) is 37.8 Å². The number of rotatable bonds is 7. The van der Waals surface area contributed by atoms with E-state index >= 15 is 0 Å². The normalized spacial score (nSPS) is 17.2. The number of carbonyl (C=O) groups excluding carboxylic acids is 1. The molecule has 1 aromatic rings. The Kier molecular flexibility index (Phi) is 5.91. The van der Waals surface area contributed by atoms with Gasteiger partial charge in [-0.1, -0.05) is 30.7 Å². The van der Waals surface area contributed by atoms with E-state index in [1.54, 1.807) is 12.1 Å². The molecule has 0 aromatic heterocycles. The molecule has 3 N–H and O–H groups in total. The molecule has 122 valence electrons. The predicted molar refractivity (Wildman–Crippen MR) is 86.4 cm³/mol. The zero-order chi connectivity index (χ0) is 16.0. The molecule has 22 heavy (non-hydrogen) atoms. The number of halogens is 1. The molecule has 0 spiro atoms. The van der Waals surface area contributed by atoms with Crippen LogP contribution < -0.4 is 15.4 Å². The van der Waals surface area contributed by atoms with Gasteiger partial charge in [0.15, 0.2) is 0 Å². The minimum absolute atomic E-state index is 0.155. The molecular weight excluding hydrogens is 304 g/mol. The second-order valence-electron chi connectivity index (χ2n) is 5.72. The van der Waals surface area contributed by atoms with E-state index in [0.717, 1.165) is 25.7 Å². The Balaban J connectivity index is 1.73. The van der Waals surface area contributed by atoms with Crippen molar-refractivity contribution in [2.45, 2.75) is 44.3 Å². The molecule has 0 radical (unpaired) electrons. The summed E-state index contributed by atoms with van der Waals surface area (Å²) in [5.74, 6) is 0.613. The van der Waals surface area contributed by atoms with Crippen molar-refractivity contribution in [3.63, 3.8) is 0 Å². The second-order valence-corrected chi connectivity index (χ2v) is 6.13. The summed E-state index contributed by atoms with van der Waals surface area (Å²) in [4.78, 5) is 11.8. The van der Waals surface area contributed by atoms with E-state index in [2.05, 4.69) is 10.6 Å². The number of aliphatic hydroxyl groups is 1. The second kappa shape index (κ2) is 7.70. The number of urea groups is 1. The SMILES string of the molecule is CCC(CNC(=O)NCC1(O)CCC1)Oc1ccccc1Cl. The summed E-state index contributed by atoms with van der Waals surface area (Å²) < 4.78 is 5.80. The minimum atomic E-state index is -0.713. The molecule has 1 aliphatic rings. The van der Waals surface area contributed by atoms with Crippen LogP contribution in [0.4, 0.5) is 4.79 Å². The Morgan fingerprint density at radius 2 is 2.14 bits per heavy atom. The van der Waals surface area contributed by atoms with Crippen molar-refractivity contribution in [3.05, 3.63) is 29.3 Å². The van der Waals surface area contributed by atoms with Crippen molar-refractivity contribution in [2.24, 2.45) is 0 Å². The fourth-order valence-corrected chi connectivity index (χ4v) is 2.44. The first-order valence-electron chi connectivity index (χ1n) is 7.68. The lowest BCUT2D eigenvalue weighted by Crippen LogP contribution is -2.51. The van der Waals surface area contributed by atoms with Crippen LogP contribution in [0.5, 0.6) is 5.75 Å². The maximum atomic E-state index is 11.8. The number of hydrogen-bond acceptors (Lipinski definition) is 3. The molecule has 1 aliphatic carbocycles. The average Bonchev–Trinajstić information content (AvgIpc) is 2.49. The molecule has 1 aromatic carbocycles. The Hall–Kier alpha value is -1.46. The lowest BCUT2D eigenvalue weighted by molar-refractivity contribution is -0.0290. The van der Waals surface area contributed by atoms with E-state index in [1.807, 2.05) is 19.1 Å². The van der Waals surface area contributed by atoms with E-state index < -0.39 is 5.60 Å². The van der Waals surface area contributed by atoms with Crippen molar-refractivity contribution >= 4 is 17.6 Å². The number of amides is 2. The first kappa shape index (κ1) is 16.9. The topological polar surface area (TPSA) is 70.6 Å². The summed E-state index contributed by atoms with van der Waals surface area (Å²) in [5.41, 5.74) is -0.713. The highest BCUT2D eigenvalue weighted by Gasteiger charge is 2.34. The van der Waals surface area contributed by atoms with Crippen LogP contribution in [-0.4, -0.2) is 35.9 Å². The average molecular weight is 327 g/mol. The van der Waals surface area contributed by atoms with Gasteiger partial charge in [-0.2, -0.15) is 0 Å². The van der Waals surface area contributed by atoms with Crippen molar-refractivity contribution in [3.8, 4) is 5.75 Å². The molecule has 6 heteroatoms. The molecule has 5 nitrogen and oxygen atoms in total. The summed E-state index contributed by atoms with van der Waals surface area (Å²) in [6.45, 7) is 2.66. The molecule has 0 heterocycles. The molecular formula is C16H23ClN2O3. The number of hydrogen-bond donors (Lipinski definition) is 3. The molecule has 1 atom stereocenters. The van der Waals surface area contributed by atoms with Gasteiger partial charge in [0.2, 0.25) is 0 Å². The summed E-state index contributed by atoms with van der Waals surface area (Å²) in [7, 11) is 0. The molecule has 1 fully saturated rings. The van der Waals surface area contributed by atoms with E-state index in [9.17, 15) is 9.90 Å². The monoisotopic (exact) mass is 326 g/mol. The summed E-state index contributed by atoms with van der Waals surface area (Å²) >= 11 is 6.06. The van der Waals surface area contributed by atoms with Crippen molar-refractivity contribution < 1.29 is 14.6 Å². The van der Waals surface area contributed by atoms with Crippen LogP contribution in [0.25, 0.3) is 0 Å². The number of nitrogens with one attached hydrogen (secondary N) is 2. The maximum absolute atomic E-state index is 11.8. The molecule has 0 aliphatic heterocycles. The van der Waals surface area contributed by atoms with E-state index in [4.69, 9.17) is 16.3 Å². The van der Waals surface area contributed by atoms with Gasteiger partial charge >= 0.3 is 6.03 Å². The first-order valence-corrected chi connectivity index (χ1v) is 8.05. The number of benzene rings is 1. The van der Waals surface area contributed by atoms with Crippen LogP contribution in [0.2, 0.25) is 5.02 Å². The zero-order valence-electron chi connectivity index (χ0n) is 12.8. The Bertz CT molecular complexity index is 506. The summed E-state index contributed by atoms with van der Waals surface area (Å²) in [5, 5.41) is 15.9. The van der Waals surface area contributed by atoms with Crippen LogP contribution in [-0.2, 0) is 0 Å². The van der Waals surface area contributed by atoms with Crippen molar-refractivity contribution in [1.82, 2.24) is 10.6 Å². The van der Waals surface area contributed by atoms with Gasteiger partial charge in [0, 0.05) is 6.54 Å². The third-order valence-electron chi connectivity index (χ3n) is 3.94. The number of para-hydroxylation sites is 1. The van der Waals surface area contributed by atoms with E-state index in [0.29, 0.717) is 23.9 Å². The smallest absolute Gasteiger partial charge is 0.315 e. The first-order chi connectivity index (χ1) is 10.5. The highest BCUT2D eigenvalue weighted by molar-refractivity contribution is 6.32. The minimum Gasteiger partial charge on any atom is -0.487 e. The van der Waals surface area contributed by atoms with Crippen LogP contribution in [0.3, 0.4) is 0 Å². The fourth-order valence-electron chi connectivity index (χ4n) is 2.26. The lowest BCUT2D eigenvalue weighted by atomic mass is 9.80. The van der Waals surface area contributed by atoms with E-state index in [-0.39, 0.29) is 12.1 Å². The van der Waals surface area contributed by atoms with Crippen LogP contribution in [0.1, 0.15) is 32.6 Å². The van der Waals surface area contributed by atoms with Gasteiger partial charge < -0.3 is 20.5 Å². The van der Waals surface area contributed by atoms with Crippen molar-refractivity contribution in [1.29, 1.82) is 0 Å². The van der Waals surface area contributed by atoms with Gasteiger partial charge in [-0.15, -0.1) is 0 Å². The molecule has 1 unspecified atom stereocenters. The highest BCUT2D eigenvalue weighted by Crippen LogP contribution is 2.30. The van der Waals surface area contributed by atoms with Gasteiger partial charge in [-0.25, -0.2) is 4.79 Å². The van der Waals surface area contributed by atoms with Crippen LogP contribution in [0.15, 0.2) is 24.3 Å². The largest absolute Gasteiger partial charge is 0.487 e. The zero-order valence-corrected chi connectivity index (χ0v) is 13.5. The predicted octanol–water partition coefficient (Wildman–Crippen LogP) is 2.71. The third-order valence-corrected chi connectivity index (χ3v) is 4.25. The van der Waals surface area contributed by atoms with Crippen LogP contribution >= 0.6 is 11.6 Å². The quantitative estimate of drug-likeness (QED) is 0.721. The number of ether oxygens (including phenoxy) is 1. The molecule has 0 bridgehead atoms. The number of carbonyl (C=O) groups is 1. The van der Waals surface area contributed by atoms with Gasteiger partial charge in [0.1, 0.15) is 11.9 Å². The Morgan fingerprint density at radius 3 is 2.73 bits per heavy atom. The Morgan fingerprint density at radius 1 is 1.41 bits per heavy atom. The standard InChI is InChI=1S/C16H23ClN2O3/c1-2-12(22-14-7-4-3-6-13(14)17)10-18-15(20)19-11-16(21)8-5-9-16/h3-4,6-7,12,21H,2,5,8-11H2,1H3,(H2,18,19,20). The Labute approximate surface area is 136 Å². The lowest BCUT2D eigenvalue weighted by Gasteiger charge is -2.36. The van der Waals surface area contributed by atoms with Gasteiger partial charge in [0.05, 0.1) is 17.2 Å². The molecule has 0 saturated heterocycles. The van der Waals surface area contributed by atoms with Gasteiger partial charge in [0.25, 0.3) is 0 Å². The summed E-state index contributed by atoms with van der Waals surface area (Å²) in [6, 6.07) is 6.97. The molecule has 2 rings (SSSR count). The summed E-state index contributed by atoms with van der Waals surface area (Å²) in [6.07, 6.45) is 3.11. The maximum Gasteiger partial charge on any atom is 0.315 e. The van der Waals surface area contributed by atoms with Crippen molar-refractivity contribution in [2.75, 3.05) is 13.1 Å². The molecule has 1 saturated carbocycles. The van der Waals surface area contributed by atoms with E-state index in [1.165, 1.54) is 0 Å². The highest BCUT2D eigenvalue weighted by atomic mass is 35.5. The fraction of sp³-hybridized carbons (Fsp3) is 0.562.